The number of aliphatic hydroxyl groups is 1. The van der Waals surface area contributed by atoms with Crippen LogP contribution in [0, 0.1) is 5.41 Å². The molecule has 1 aromatic rings. The van der Waals surface area contributed by atoms with Gasteiger partial charge in [0.15, 0.2) is 5.82 Å². The van der Waals surface area contributed by atoms with Crippen LogP contribution in [0.3, 0.4) is 0 Å². The number of anilines is 1. The predicted molar refractivity (Wildman–Crippen MR) is 68.1 cm³/mol. The number of hydrogen-bond acceptors (Lipinski definition) is 4. The van der Waals surface area contributed by atoms with E-state index in [9.17, 15) is 5.11 Å². The lowest BCUT2D eigenvalue weighted by molar-refractivity contribution is 0.110. The normalized spacial score (nSPS) is 19.0. The molecule has 2 rings (SSSR count). The van der Waals surface area contributed by atoms with Crippen LogP contribution in [0.5, 0.6) is 0 Å². The molecule has 0 saturated carbocycles. The second kappa shape index (κ2) is 3.95. The first-order valence-electron chi connectivity index (χ1n) is 6.04. The van der Waals surface area contributed by atoms with Gasteiger partial charge in [0.2, 0.25) is 0 Å². The van der Waals surface area contributed by atoms with E-state index < -0.39 is 0 Å². The second-order valence-electron chi connectivity index (χ2n) is 6.35. The monoisotopic (exact) mass is 235 g/mol. The Morgan fingerprint density at radius 3 is 2.35 bits per heavy atom. The molecule has 0 radical (unpaired) electrons. The van der Waals surface area contributed by atoms with Crippen LogP contribution in [0.2, 0.25) is 0 Å². The highest BCUT2D eigenvalue weighted by Crippen LogP contribution is 2.32. The first-order valence-corrected chi connectivity index (χ1v) is 6.04. The molecule has 0 unspecified atom stereocenters. The van der Waals surface area contributed by atoms with Crippen molar-refractivity contribution in [3.05, 3.63) is 17.8 Å². The van der Waals surface area contributed by atoms with Crippen molar-refractivity contribution in [2.24, 2.45) is 5.41 Å². The summed E-state index contributed by atoms with van der Waals surface area (Å²) in [5.74, 6) is 0.906. The van der Waals surface area contributed by atoms with Crippen molar-refractivity contribution in [2.75, 3.05) is 24.6 Å². The highest BCUT2D eigenvalue weighted by molar-refractivity contribution is 5.42. The van der Waals surface area contributed by atoms with E-state index >= 15 is 0 Å². The molecule has 17 heavy (non-hydrogen) atoms. The third-order valence-electron chi connectivity index (χ3n) is 3.27. The van der Waals surface area contributed by atoms with Crippen molar-refractivity contribution in [1.29, 1.82) is 0 Å². The standard InChI is InChI=1S/C13H21N3O/c1-12(2,3)10-5-6-11(15-14-10)16-7-13(4,8-16)9-17/h5-6,17H,7-9H2,1-4H3. The van der Waals surface area contributed by atoms with Crippen molar-refractivity contribution in [1.82, 2.24) is 10.2 Å². The van der Waals surface area contributed by atoms with Gasteiger partial charge in [0.25, 0.3) is 0 Å². The van der Waals surface area contributed by atoms with Crippen molar-refractivity contribution in [3.8, 4) is 0 Å². The molecular weight excluding hydrogens is 214 g/mol. The van der Waals surface area contributed by atoms with Gasteiger partial charge in [-0.3, -0.25) is 0 Å². The van der Waals surface area contributed by atoms with E-state index in [1.54, 1.807) is 0 Å². The van der Waals surface area contributed by atoms with Crippen molar-refractivity contribution in [2.45, 2.75) is 33.1 Å². The molecule has 4 heteroatoms. The van der Waals surface area contributed by atoms with Gasteiger partial charge in [0.05, 0.1) is 12.3 Å². The molecule has 1 aromatic heterocycles. The molecule has 1 fully saturated rings. The van der Waals surface area contributed by atoms with Crippen molar-refractivity contribution < 1.29 is 5.11 Å². The quantitative estimate of drug-likeness (QED) is 0.845. The van der Waals surface area contributed by atoms with Gasteiger partial charge in [-0.1, -0.05) is 27.7 Å². The summed E-state index contributed by atoms with van der Waals surface area (Å²) in [6.45, 7) is 10.4. The van der Waals surface area contributed by atoms with Crippen LogP contribution < -0.4 is 4.90 Å². The van der Waals surface area contributed by atoms with Crippen molar-refractivity contribution in [3.63, 3.8) is 0 Å². The maximum absolute atomic E-state index is 9.20. The van der Waals surface area contributed by atoms with E-state index in [0.29, 0.717) is 0 Å². The Balaban J connectivity index is 2.06. The summed E-state index contributed by atoms with van der Waals surface area (Å²) in [5.41, 5.74) is 1.08. The molecule has 0 aliphatic carbocycles. The molecule has 4 nitrogen and oxygen atoms in total. The summed E-state index contributed by atoms with van der Waals surface area (Å²) in [7, 11) is 0. The van der Waals surface area contributed by atoms with Crippen LogP contribution in [0.1, 0.15) is 33.4 Å². The molecular formula is C13H21N3O. The molecule has 0 bridgehead atoms. The zero-order chi connectivity index (χ0) is 12.7. The minimum absolute atomic E-state index is 0.0321. The van der Waals surface area contributed by atoms with E-state index in [4.69, 9.17) is 0 Å². The summed E-state index contributed by atoms with van der Waals surface area (Å²) >= 11 is 0. The first-order chi connectivity index (χ1) is 7.84. The van der Waals surface area contributed by atoms with Crippen LogP contribution in [-0.4, -0.2) is 35.0 Å². The van der Waals surface area contributed by atoms with Crippen LogP contribution in [-0.2, 0) is 5.41 Å². The molecule has 2 heterocycles. The molecule has 0 spiro atoms. The van der Waals surface area contributed by atoms with Crippen LogP contribution in [0.25, 0.3) is 0 Å². The van der Waals surface area contributed by atoms with Gasteiger partial charge in [-0.15, -0.1) is 5.10 Å². The van der Waals surface area contributed by atoms with Crippen LogP contribution >= 0.6 is 0 Å². The zero-order valence-corrected chi connectivity index (χ0v) is 11.1. The van der Waals surface area contributed by atoms with Gasteiger partial charge < -0.3 is 10.0 Å². The number of nitrogens with zero attached hydrogens (tertiary/aromatic N) is 3. The Hall–Kier alpha value is -1.16. The molecule has 0 aromatic carbocycles. The molecule has 1 aliphatic heterocycles. The highest BCUT2D eigenvalue weighted by atomic mass is 16.3. The number of rotatable bonds is 2. The Morgan fingerprint density at radius 1 is 1.29 bits per heavy atom. The second-order valence-corrected chi connectivity index (χ2v) is 6.35. The topological polar surface area (TPSA) is 49.2 Å². The third kappa shape index (κ3) is 2.41. The average molecular weight is 235 g/mol. The molecule has 1 N–H and O–H groups in total. The smallest absolute Gasteiger partial charge is 0.151 e. The molecule has 94 valence electrons. The summed E-state index contributed by atoms with van der Waals surface area (Å²) in [4.78, 5) is 2.15. The van der Waals surface area contributed by atoms with E-state index in [-0.39, 0.29) is 17.4 Å². The van der Waals surface area contributed by atoms with Gasteiger partial charge >= 0.3 is 0 Å². The van der Waals surface area contributed by atoms with Gasteiger partial charge in [0.1, 0.15) is 0 Å². The molecule has 0 atom stereocenters. The van der Waals surface area contributed by atoms with E-state index in [2.05, 4.69) is 42.8 Å². The summed E-state index contributed by atoms with van der Waals surface area (Å²) < 4.78 is 0. The summed E-state index contributed by atoms with van der Waals surface area (Å²) in [6.07, 6.45) is 0. The Morgan fingerprint density at radius 2 is 1.94 bits per heavy atom. The van der Waals surface area contributed by atoms with Gasteiger partial charge in [-0.2, -0.15) is 5.10 Å². The number of aromatic nitrogens is 2. The van der Waals surface area contributed by atoms with Crippen LogP contribution in [0.4, 0.5) is 5.82 Å². The molecule has 1 saturated heterocycles. The fourth-order valence-corrected chi connectivity index (χ4v) is 2.03. The third-order valence-corrected chi connectivity index (χ3v) is 3.27. The van der Waals surface area contributed by atoms with E-state index in [1.807, 2.05) is 12.1 Å². The van der Waals surface area contributed by atoms with Crippen LogP contribution in [0.15, 0.2) is 12.1 Å². The lowest BCUT2D eigenvalue weighted by Gasteiger charge is -2.47. The lowest BCUT2D eigenvalue weighted by Crippen LogP contribution is -2.57. The minimum Gasteiger partial charge on any atom is -0.396 e. The fourth-order valence-electron chi connectivity index (χ4n) is 2.03. The maximum atomic E-state index is 9.20. The fraction of sp³-hybridized carbons (Fsp3) is 0.692. The zero-order valence-electron chi connectivity index (χ0n) is 11.1. The number of hydrogen-bond donors (Lipinski definition) is 1. The lowest BCUT2D eigenvalue weighted by atomic mass is 9.83. The number of aliphatic hydroxyl groups excluding tert-OH is 1. The highest BCUT2D eigenvalue weighted by Gasteiger charge is 2.38. The van der Waals surface area contributed by atoms with E-state index in [0.717, 1.165) is 24.6 Å². The maximum Gasteiger partial charge on any atom is 0.151 e. The van der Waals surface area contributed by atoms with Gasteiger partial charge in [0, 0.05) is 23.9 Å². The largest absolute Gasteiger partial charge is 0.396 e. The molecule has 1 aliphatic rings. The summed E-state index contributed by atoms with van der Waals surface area (Å²) in [5, 5.41) is 17.7. The van der Waals surface area contributed by atoms with Gasteiger partial charge in [-0.25, -0.2) is 0 Å². The first kappa shape index (κ1) is 12.3. The Labute approximate surface area is 103 Å². The predicted octanol–water partition coefficient (Wildman–Crippen LogP) is 1.59. The Bertz CT molecular complexity index is 388. The summed E-state index contributed by atoms with van der Waals surface area (Å²) in [6, 6.07) is 4.06. The van der Waals surface area contributed by atoms with Crippen molar-refractivity contribution >= 4 is 5.82 Å². The van der Waals surface area contributed by atoms with Gasteiger partial charge in [-0.05, 0) is 12.1 Å². The molecule has 0 amide bonds. The average Bonchev–Trinajstić information content (AvgIpc) is 2.24. The SMILES string of the molecule is CC1(CO)CN(c2ccc(C(C)(C)C)nn2)C1. The van der Waals surface area contributed by atoms with E-state index in [1.165, 1.54) is 0 Å². The minimum atomic E-state index is 0.0321. The Kier molecular flexibility index (Phi) is 2.86.